The number of nitrogens with zero attached hydrogens (tertiary/aromatic N) is 4. The summed E-state index contributed by atoms with van der Waals surface area (Å²) in [5, 5.41) is 3.22. The molecule has 2 rings (SSSR count). The van der Waals surface area contributed by atoms with Crippen molar-refractivity contribution >= 4 is 11.6 Å². The molecule has 6 nitrogen and oxygen atoms in total. The average molecular weight is 265 g/mol. The Morgan fingerprint density at radius 1 is 1.42 bits per heavy atom. The number of hydrogen-bond acceptors (Lipinski definition) is 6. The standard InChI is InChI=1S/C13H23N5O/c1-5-14-12-11(19-4)13(16-9-15-12)18-7-6-17(3)8-10(18)2/h9-10H,5-8H2,1-4H3,(H,14,15,16). The lowest BCUT2D eigenvalue weighted by Gasteiger charge is -2.39. The van der Waals surface area contributed by atoms with E-state index in [4.69, 9.17) is 4.74 Å². The molecule has 0 bridgehead atoms. The number of ether oxygens (including phenoxy) is 1. The minimum Gasteiger partial charge on any atom is -0.490 e. The van der Waals surface area contributed by atoms with Crippen molar-refractivity contribution in [2.75, 3.05) is 50.6 Å². The maximum atomic E-state index is 5.51. The molecule has 0 spiro atoms. The van der Waals surface area contributed by atoms with Gasteiger partial charge in [0.25, 0.3) is 0 Å². The molecular formula is C13H23N5O. The van der Waals surface area contributed by atoms with Gasteiger partial charge in [0.1, 0.15) is 6.33 Å². The summed E-state index contributed by atoms with van der Waals surface area (Å²) >= 11 is 0. The summed E-state index contributed by atoms with van der Waals surface area (Å²) in [6.45, 7) is 8.09. The van der Waals surface area contributed by atoms with Gasteiger partial charge in [0.05, 0.1) is 7.11 Å². The third-order valence-electron chi connectivity index (χ3n) is 3.44. The molecule has 106 valence electrons. The van der Waals surface area contributed by atoms with E-state index in [1.807, 2.05) is 6.92 Å². The quantitative estimate of drug-likeness (QED) is 0.878. The van der Waals surface area contributed by atoms with Crippen LogP contribution in [-0.2, 0) is 0 Å². The van der Waals surface area contributed by atoms with Gasteiger partial charge >= 0.3 is 0 Å². The average Bonchev–Trinajstić information content (AvgIpc) is 2.39. The van der Waals surface area contributed by atoms with Crippen LogP contribution >= 0.6 is 0 Å². The molecular weight excluding hydrogens is 242 g/mol. The Hall–Kier alpha value is -1.56. The van der Waals surface area contributed by atoms with Crippen LogP contribution in [-0.4, -0.2) is 61.2 Å². The number of rotatable bonds is 4. The predicted octanol–water partition coefficient (Wildman–Crippen LogP) is 1.06. The molecule has 1 aliphatic rings. The second kappa shape index (κ2) is 6.06. The zero-order valence-corrected chi connectivity index (χ0v) is 12.2. The van der Waals surface area contributed by atoms with Gasteiger partial charge in [-0.1, -0.05) is 0 Å². The van der Waals surface area contributed by atoms with Crippen LogP contribution in [0.15, 0.2) is 6.33 Å². The molecule has 1 atom stereocenters. The zero-order valence-electron chi connectivity index (χ0n) is 12.2. The molecule has 0 amide bonds. The van der Waals surface area contributed by atoms with E-state index in [2.05, 4.69) is 39.1 Å². The first-order valence-electron chi connectivity index (χ1n) is 6.75. The molecule has 0 radical (unpaired) electrons. The Morgan fingerprint density at radius 3 is 2.84 bits per heavy atom. The lowest BCUT2D eigenvalue weighted by atomic mass is 10.2. The Balaban J connectivity index is 2.30. The second-order valence-electron chi connectivity index (χ2n) is 4.91. The van der Waals surface area contributed by atoms with Crippen molar-refractivity contribution in [1.82, 2.24) is 14.9 Å². The van der Waals surface area contributed by atoms with E-state index in [-0.39, 0.29) is 0 Å². The molecule has 1 fully saturated rings. The van der Waals surface area contributed by atoms with Gasteiger partial charge in [-0.05, 0) is 20.9 Å². The van der Waals surface area contributed by atoms with Crippen LogP contribution in [0.2, 0.25) is 0 Å². The third-order valence-corrected chi connectivity index (χ3v) is 3.44. The number of hydrogen-bond donors (Lipinski definition) is 1. The molecule has 0 saturated carbocycles. The van der Waals surface area contributed by atoms with Crippen LogP contribution in [0, 0.1) is 0 Å². The van der Waals surface area contributed by atoms with Crippen molar-refractivity contribution in [1.29, 1.82) is 0 Å². The van der Waals surface area contributed by atoms with Gasteiger partial charge in [0.2, 0.25) is 5.75 Å². The number of nitrogens with one attached hydrogen (secondary N) is 1. The monoisotopic (exact) mass is 265 g/mol. The predicted molar refractivity (Wildman–Crippen MR) is 77.1 cm³/mol. The highest BCUT2D eigenvalue weighted by Gasteiger charge is 2.26. The van der Waals surface area contributed by atoms with E-state index >= 15 is 0 Å². The zero-order chi connectivity index (χ0) is 13.8. The van der Waals surface area contributed by atoms with Gasteiger partial charge in [-0.2, -0.15) is 0 Å². The van der Waals surface area contributed by atoms with Gasteiger partial charge in [-0.15, -0.1) is 0 Å². The highest BCUT2D eigenvalue weighted by atomic mass is 16.5. The van der Waals surface area contributed by atoms with Gasteiger partial charge in [0, 0.05) is 32.2 Å². The van der Waals surface area contributed by atoms with Crippen molar-refractivity contribution in [3.05, 3.63) is 6.33 Å². The minimum absolute atomic E-state index is 0.414. The Bertz CT molecular complexity index is 425. The van der Waals surface area contributed by atoms with Gasteiger partial charge in [0.15, 0.2) is 11.6 Å². The van der Waals surface area contributed by atoms with Gasteiger partial charge in [-0.3, -0.25) is 0 Å². The molecule has 6 heteroatoms. The lowest BCUT2D eigenvalue weighted by Crippen LogP contribution is -2.51. The van der Waals surface area contributed by atoms with Crippen LogP contribution in [0.25, 0.3) is 0 Å². The van der Waals surface area contributed by atoms with Crippen molar-refractivity contribution in [3.63, 3.8) is 0 Å². The third kappa shape index (κ3) is 2.89. The topological polar surface area (TPSA) is 53.5 Å². The number of methoxy groups -OCH3 is 1. The molecule has 0 aliphatic carbocycles. The van der Waals surface area contributed by atoms with Crippen LogP contribution in [0.1, 0.15) is 13.8 Å². The molecule has 1 saturated heterocycles. The van der Waals surface area contributed by atoms with Crippen LogP contribution in [0.4, 0.5) is 11.6 Å². The number of piperazine rings is 1. The van der Waals surface area contributed by atoms with Crippen molar-refractivity contribution in [2.45, 2.75) is 19.9 Å². The smallest absolute Gasteiger partial charge is 0.204 e. The molecule has 1 aliphatic heterocycles. The molecule has 1 aromatic rings. The van der Waals surface area contributed by atoms with Gasteiger partial charge < -0.3 is 19.9 Å². The summed E-state index contributed by atoms with van der Waals surface area (Å²) < 4.78 is 5.51. The van der Waals surface area contributed by atoms with Gasteiger partial charge in [-0.25, -0.2) is 9.97 Å². The maximum Gasteiger partial charge on any atom is 0.204 e. The first kappa shape index (κ1) is 13.9. The van der Waals surface area contributed by atoms with Crippen molar-refractivity contribution < 1.29 is 4.74 Å². The van der Waals surface area contributed by atoms with E-state index in [0.29, 0.717) is 6.04 Å². The fourth-order valence-corrected chi connectivity index (χ4v) is 2.50. The molecule has 1 N–H and O–H groups in total. The summed E-state index contributed by atoms with van der Waals surface area (Å²) in [6.07, 6.45) is 1.60. The molecule has 1 aromatic heterocycles. The minimum atomic E-state index is 0.414. The largest absolute Gasteiger partial charge is 0.490 e. The Labute approximate surface area is 114 Å². The molecule has 0 aromatic carbocycles. The van der Waals surface area contributed by atoms with Crippen molar-refractivity contribution in [3.8, 4) is 5.75 Å². The maximum absolute atomic E-state index is 5.51. The normalized spacial score (nSPS) is 20.4. The van der Waals surface area contributed by atoms with E-state index in [1.54, 1.807) is 13.4 Å². The summed E-state index contributed by atoms with van der Waals surface area (Å²) in [6, 6.07) is 0.414. The summed E-state index contributed by atoms with van der Waals surface area (Å²) in [4.78, 5) is 13.3. The lowest BCUT2D eigenvalue weighted by molar-refractivity contribution is 0.273. The van der Waals surface area contributed by atoms with E-state index in [0.717, 1.165) is 43.6 Å². The fourth-order valence-electron chi connectivity index (χ4n) is 2.50. The summed E-state index contributed by atoms with van der Waals surface area (Å²) in [5.74, 6) is 2.39. The first-order chi connectivity index (χ1) is 9.17. The number of anilines is 2. The van der Waals surface area contributed by atoms with Crippen LogP contribution in [0.5, 0.6) is 5.75 Å². The first-order valence-corrected chi connectivity index (χ1v) is 6.75. The molecule has 19 heavy (non-hydrogen) atoms. The van der Waals surface area contributed by atoms with E-state index in [9.17, 15) is 0 Å². The summed E-state index contributed by atoms with van der Waals surface area (Å²) in [5.41, 5.74) is 0. The van der Waals surface area contributed by atoms with E-state index < -0.39 is 0 Å². The molecule has 2 heterocycles. The molecule has 1 unspecified atom stereocenters. The second-order valence-corrected chi connectivity index (χ2v) is 4.91. The van der Waals surface area contributed by atoms with Crippen molar-refractivity contribution in [2.24, 2.45) is 0 Å². The summed E-state index contributed by atoms with van der Waals surface area (Å²) in [7, 11) is 3.82. The number of likely N-dealkylation sites (N-methyl/N-ethyl adjacent to an activating group) is 1. The highest BCUT2D eigenvalue weighted by Crippen LogP contribution is 2.33. The fraction of sp³-hybridized carbons (Fsp3) is 0.692. The van der Waals surface area contributed by atoms with Crippen LogP contribution < -0.4 is 15.0 Å². The highest BCUT2D eigenvalue weighted by molar-refractivity contribution is 5.65. The van der Waals surface area contributed by atoms with Crippen LogP contribution in [0.3, 0.4) is 0 Å². The Kier molecular flexibility index (Phi) is 4.42. The SMILES string of the molecule is CCNc1ncnc(N2CCN(C)CC2C)c1OC. The number of aromatic nitrogens is 2. The van der Waals surface area contributed by atoms with E-state index in [1.165, 1.54) is 0 Å². The Morgan fingerprint density at radius 2 is 2.21 bits per heavy atom.